The maximum atomic E-state index is 12.9. The lowest BCUT2D eigenvalue weighted by atomic mass is 10.1. The number of hydrogen-bond acceptors (Lipinski definition) is 4. The predicted molar refractivity (Wildman–Crippen MR) is 129 cm³/mol. The van der Waals surface area contributed by atoms with Crippen molar-refractivity contribution in [3.05, 3.63) is 101 Å². The van der Waals surface area contributed by atoms with E-state index in [0.29, 0.717) is 17.7 Å². The Balaban J connectivity index is 1.32. The minimum Gasteiger partial charge on any atom is -0.348 e. The molecule has 1 saturated heterocycles. The number of nitriles is 1. The molecule has 4 rings (SSSR count). The van der Waals surface area contributed by atoms with E-state index in [1.54, 1.807) is 11.8 Å². The topological polar surface area (TPSA) is 56.1 Å². The van der Waals surface area contributed by atoms with Gasteiger partial charge < -0.3 is 5.32 Å². The molecule has 0 saturated carbocycles. The molecule has 1 fully saturated rings. The van der Waals surface area contributed by atoms with Crippen LogP contribution < -0.4 is 5.32 Å². The van der Waals surface area contributed by atoms with Crippen LogP contribution in [0.1, 0.15) is 45.5 Å². The van der Waals surface area contributed by atoms with Gasteiger partial charge in [-0.2, -0.15) is 5.26 Å². The van der Waals surface area contributed by atoms with Crippen LogP contribution in [0.3, 0.4) is 0 Å². The molecule has 0 spiro atoms. The van der Waals surface area contributed by atoms with Crippen LogP contribution in [0.25, 0.3) is 0 Å². The standard InChI is InChI=1S/C27H27N3OS/c28-17-21-7-13-24(14-8-21)20-32-26-6-2-1-5-25(26)27(31)29-18-22-9-11-23(12-10-22)19-30-15-3-4-16-30/h1-2,5-14H,3-4,15-16,18-20H2,(H,29,31). The summed E-state index contributed by atoms with van der Waals surface area (Å²) in [4.78, 5) is 16.3. The molecule has 0 bridgehead atoms. The van der Waals surface area contributed by atoms with E-state index in [1.807, 2.05) is 48.5 Å². The van der Waals surface area contributed by atoms with Crippen LogP contribution in [-0.4, -0.2) is 23.9 Å². The summed E-state index contributed by atoms with van der Waals surface area (Å²) in [5.74, 6) is 0.683. The number of thioether (sulfide) groups is 1. The fraction of sp³-hybridized carbons (Fsp3) is 0.259. The Hall–Kier alpha value is -3.07. The van der Waals surface area contributed by atoms with Crippen LogP contribution in [0.4, 0.5) is 0 Å². The molecule has 1 N–H and O–H groups in total. The molecule has 4 nitrogen and oxygen atoms in total. The summed E-state index contributed by atoms with van der Waals surface area (Å²) >= 11 is 1.63. The minimum atomic E-state index is -0.0610. The van der Waals surface area contributed by atoms with Crippen molar-refractivity contribution in [2.45, 2.75) is 36.6 Å². The Morgan fingerprint density at radius 3 is 2.28 bits per heavy atom. The molecule has 0 atom stereocenters. The molecule has 1 aliphatic heterocycles. The Labute approximate surface area is 194 Å². The molecule has 162 valence electrons. The number of carbonyl (C=O) groups is 1. The molecule has 1 amide bonds. The second-order valence-corrected chi connectivity index (χ2v) is 9.09. The van der Waals surface area contributed by atoms with E-state index in [9.17, 15) is 4.79 Å². The van der Waals surface area contributed by atoms with Gasteiger partial charge in [0.2, 0.25) is 0 Å². The predicted octanol–water partition coefficient (Wildman–Crippen LogP) is 5.38. The third-order valence-corrected chi connectivity index (χ3v) is 6.83. The first-order valence-electron chi connectivity index (χ1n) is 11.0. The monoisotopic (exact) mass is 441 g/mol. The van der Waals surface area contributed by atoms with Gasteiger partial charge in [-0.1, -0.05) is 48.5 Å². The highest BCUT2D eigenvalue weighted by Gasteiger charge is 2.13. The van der Waals surface area contributed by atoms with Crippen molar-refractivity contribution in [2.24, 2.45) is 0 Å². The summed E-state index contributed by atoms with van der Waals surface area (Å²) in [5.41, 5.74) is 4.90. The van der Waals surface area contributed by atoms with Crippen LogP contribution in [-0.2, 0) is 18.8 Å². The molecule has 0 radical (unpaired) electrons. The molecule has 3 aromatic rings. The van der Waals surface area contributed by atoms with E-state index in [4.69, 9.17) is 5.26 Å². The molecular weight excluding hydrogens is 414 g/mol. The summed E-state index contributed by atoms with van der Waals surface area (Å²) in [5, 5.41) is 12.0. The molecule has 0 aromatic heterocycles. The summed E-state index contributed by atoms with van der Waals surface area (Å²) in [6.07, 6.45) is 2.61. The SMILES string of the molecule is N#Cc1ccc(CSc2ccccc2C(=O)NCc2ccc(CN3CCCC3)cc2)cc1. The van der Waals surface area contributed by atoms with Crippen molar-refractivity contribution >= 4 is 17.7 Å². The largest absolute Gasteiger partial charge is 0.348 e. The smallest absolute Gasteiger partial charge is 0.252 e. The number of rotatable bonds is 8. The first-order valence-corrected chi connectivity index (χ1v) is 12.0. The molecular formula is C27H27N3OS. The van der Waals surface area contributed by atoms with Gasteiger partial charge in [-0.15, -0.1) is 11.8 Å². The van der Waals surface area contributed by atoms with Gasteiger partial charge in [0.25, 0.3) is 5.91 Å². The van der Waals surface area contributed by atoms with E-state index >= 15 is 0 Å². The molecule has 0 unspecified atom stereocenters. The lowest BCUT2D eigenvalue weighted by Gasteiger charge is -2.15. The zero-order valence-electron chi connectivity index (χ0n) is 18.1. The van der Waals surface area contributed by atoms with E-state index in [-0.39, 0.29) is 5.91 Å². The van der Waals surface area contributed by atoms with Gasteiger partial charge in [-0.3, -0.25) is 9.69 Å². The number of hydrogen-bond donors (Lipinski definition) is 1. The van der Waals surface area contributed by atoms with Crippen LogP contribution in [0, 0.1) is 11.3 Å². The van der Waals surface area contributed by atoms with Gasteiger partial charge in [0, 0.05) is 23.7 Å². The number of benzene rings is 3. The Kier molecular flexibility index (Phi) is 7.60. The third-order valence-electron chi connectivity index (χ3n) is 5.69. The van der Waals surface area contributed by atoms with Crippen molar-refractivity contribution in [1.82, 2.24) is 10.2 Å². The van der Waals surface area contributed by atoms with E-state index < -0.39 is 0 Å². The van der Waals surface area contributed by atoms with Gasteiger partial charge in [0.05, 0.1) is 17.2 Å². The average molecular weight is 442 g/mol. The second kappa shape index (κ2) is 11.0. The third kappa shape index (κ3) is 6.00. The van der Waals surface area contributed by atoms with Crippen LogP contribution >= 0.6 is 11.8 Å². The van der Waals surface area contributed by atoms with Crippen LogP contribution in [0.2, 0.25) is 0 Å². The number of amides is 1. The van der Waals surface area contributed by atoms with E-state index in [0.717, 1.165) is 28.3 Å². The first kappa shape index (κ1) is 22.1. The Morgan fingerprint density at radius 1 is 0.906 bits per heavy atom. The number of nitrogens with one attached hydrogen (secondary N) is 1. The lowest BCUT2D eigenvalue weighted by Crippen LogP contribution is -2.23. The van der Waals surface area contributed by atoms with Gasteiger partial charge in [-0.05, 0) is 66.9 Å². The minimum absolute atomic E-state index is 0.0610. The maximum Gasteiger partial charge on any atom is 0.252 e. The van der Waals surface area contributed by atoms with Crippen LogP contribution in [0.5, 0.6) is 0 Å². The van der Waals surface area contributed by atoms with Crippen molar-refractivity contribution in [3.8, 4) is 6.07 Å². The van der Waals surface area contributed by atoms with E-state index in [1.165, 1.54) is 31.5 Å². The highest BCUT2D eigenvalue weighted by atomic mass is 32.2. The summed E-state index contributed by atoms with van der Waals surface area (Å²) in [6, 6.07) is 26.0. The van der Waals surface area contributed by atoms with Crippen molar-refractivity contribution in [2.75, 3.05) is 13.1 Å². The fourth-order valence-electron chi connectivity index (χ4n) is 3.86. The summed E-state index contributed by atoms with van der Waals surface area (Å²) in [6.45, 7) is 3.91. The quantitative estimate of drug-likeness (QED) is 0.477. The average Bonchev–Trinajstić information content (AvgIpc) is 3.36. The van der Waals surface area contributed by atoms with Gasteiger partial charge in [-0.25, -0.2) is 0 Å². The second-order valence-electron chi connectivity index (χ2n) is 8.08. The normalized spacial score (nSPS) is 13.6. The van der Waals surface area contributed by atoms with Gasteiger partial charge in [0.1, 0.15) is 0 Å². The molecule has 0 aliphatic carbocycles. The van der Waals surface area contributed by atoms with E-state index in [2.05, 4.69) is 40.6 Å². The molecule has 1 heterocycles. The zero-order valence-corrected chi connectivity index (χ0v) is 18.9. The fourth-order valence-corrected chi connectivity index (χ4v) is 4.86. The van der Waals surface area contributed by atoms with Crippen molar-refractivity contribution in [1.29, 1.82) is 5.26 Å². The zero-order chi connectivity index (χ0) is 22.2. The van der Waals surface area contributed by atoms with Crippen molar-refractivity contribution < 1.29 is 4.79 Å². The Morgan fingerprint density at radius 2 is 1.56 bits per heavy atom. The molecule has 1 aliphatic rings. The Bertz CT molecular complexity index is 1080. The van der Waals surface area contributed by atoms with Crippen LogP contribution in [0.15, 0.2) is 77.7 Å². The molecule has 3 aromatic carbocycles. The highest BCUT2D eigenvalue weighted by Crippen LogP contribution is 2.26. The van der Waals surface area contributed by atoms with Gasteiger partial charge in [0.15, 0.2) is 0 Å². The number of carbonyl (C=O) groups excluding carboxylic acids is 1. The lowest BCUT2D eigenvalue weighted by molar-refractivity contribution is 0.0948. The molecule has 5 heteroatoms. The number of likely N-dealkylation sites (tertiary alicyclic amines) is 1. The highest BCUT2D eigenvalue weighted by molar-refractivity contribution is 7.98. The first-order chi connectivity index (χ1) is 15.7. The van der Waals surface area contributed by atoms with Gasteiger partial charge >= 0.3 is 0 Å². The number of nitrogens with zero attached hydrogens (tertiary/aromatic N) is 2. The summed E-state index contributed by atoms with van der Waals surface area (Å²) in [7, 11) is 0. The van der Waals surface area contributed by atoms with Crippen molar-refractivity contribution in [3.63, 3.8) is 0 Å². The molecule has 32 heavy (non-hydrogen) atoms. The summed E-state index contributed by atoms with van der Waals surface area (Å²) < 4.78 is 0. The maximum absolute atomic E-state index is 12.9.